The SMILES string of the molecule is Cc1nc(-c2ccccn2)sc1C(=O)NC(C)c1ccc(F)cc1. The Morgan fingerprint density at radius 2 is 1.96 bits per heavy atom. The number of aromatic nitrogens is 2. The molecule has 3 aromatic rings. The molecule has 6 heteroatoms. The Hall–Kier alpha value is -2.60. The molecule has 3 rings (SSSR count). The van der Waals surface area contributed by atoms with Gasteiger partial charge < -0.3 is 5.32 Å². The molecule has 1 unspecified atom stereocenters. The van der Waals surface area contributed by atoms with E-state index >= 15 is 0 Å². The van der Waals surface area contributed by atoms with E-state index < -0.39 is 0 Å². The average Bonchev–Trinajstić information content (AvgIpc) is 2.98. The number of halogens is 1. The molecule has 24 heavy (non-hydrogen) atoms. The third-order valence-electron chi connectivity index (χ3n) is 3.60. The molecule has 1 amide bonds. The number of nitrogens with one attached hydrogen (secondary N) is 1. The minimum absolute atomic E-state index is 0.191. The summed E-state index contributed by atoms with van der Waals surface area (Å²) in [5.74, 6) is -0.486. The van der Waals surface area contributed by atoms with Crippen LogP contribution in [0.1, 0.15) is 33.9 Å². The average molecular weight is 341 g/mol. The number of hydrogen-bond acceptors (Lipinski definition) is 4. The number of thiazole rings is 1. The van der Waals surface area contributed by atoms with Crippen LogP contribution >= 0.6 is 11.3 Å². The normalized spacial score (nSPS) is 12.0. The van der Waals surface area contributed by atoms with Crippen molar-refractivity contribution in [2.45, 2.75) is 19.9 Å². The van der Waals surface area contributed by atoms with Crippen molar-refractivity contribution in [3.8, 4) is 10.7 Å². The standard InChI is InChI=1S/C18H16FN3OS/c1-11(13-6-8-14(19)9-7-13)21-17(23)16-12(2)22-18(24-16)15-5-3-4-10-20-15/h3-11H,1-2H3,(H,21,23). The lowest BCUT2D eigenvalue weighted by Gasteiger charge is -2.13. The van der Waals surface area contributed by atoms with Crippen LogP contribution in [-0.4, -0.2) is 15.9 Å². The first-order valence-corrected chi connectivity index (χ1v) is 8.31. The molecule has 2 heterocycles. The highest BCUT2D eigenvalue weighted by atomic mass is 32.1. The number of benzene rings is 1. The maximum absolute atomic E-state index is 13.0. The Bertz CT molecular complexity index is 846. The highest BCUT2D eigenvalue weighted by molar-refractivity contribution is 7.17. The summed E-state index contributed by atoms with van der Waals surface area (Å²) in [6, 6.07) is 11.5. The highest BCUT2D eigenvalue weighted by Crippen LogP contribution is 2.27. The lowest BCUT2D eigenvalue weighted by atomic mass is 10.1. The van der Waals surface area contributed by atoms with E-state index in [9.17, 15) is 9.18 Å². The van der Waals surface area contributed by atoms with Gasteiger partial charge in [0, 0.05) is 6.20 Å². The molecule has 0 radical (unpaired) electrons. The van der Waals surface area contributed by atoms with E-state index in [0.29, 0.717) is 15.6 Å². The fourth-order valence-electron chi connectivity index (χ4n) is 2.30. The smallest absolute Gasteiger partial charge is 0.263 e. The summed E-state index contributed by atoms with van der Waals surface area (Å²) >= 11 is 1.31. The molecule has 0 bridgehead atoms. The molecule has 1 aromatic carbocycles. The number of carbonyl (C=O) groups is 1. The van der Waals surface area contributed by atoms with Gasteiger partial charge in [0.05, 0.1) is 17.4 Å². The topological polar surface area (TPSA) is 54.9 Å². The maximum Gasteiger partial charge on any atom is 0.263 e. The van der Waals surface area contributed by atoms with Gasteiger partial charge in [-0.2, -0.15) is 0 Å². The summed E-state index contributed by atoms with van der Waals surface area (Å²) in [4.78, 5) is 21.8. The molecule has 0 aliphatic carbocycles. The first-order valence-electron chi connectivity index (χ1n) is 7.50. The summed E-state index contributed by atoms with van der Waals surface area (Å²) in [6.07, 6.45) is 1.70. The van der Waals surface area contributed by atoms with Crippen LogP contribution in [0.5, 0.6) is 0 Å². The van der Waals surface area contributed by atoms with Crippen LogP contribution in [0.3, 0.4) is 0 Å². The van der Waals surface area contributed by atoms with E-state index in [1.807, 2.05) is 25.1 Å². The number of carbonyl (C=O) groups excluding carboxylic acids is 1. The van der Waals surface area contributed by atoms with Crippen molar-refractivity contribution in [2.24, 2.45) is 0 Å². The van der Waals surface area contributed by atoms with Crippen molar-refractivity contribution in [2.75, 3.05) is 0 Å². The predicted molar refractivity (Wildman–Crippen MR) is 92.4 cm³/mol. The largest absolute Gasteiger partial charge is 0.345 e. The quantitative estimate of drug-likeness (QED) is 0.776. The van der Waals surface area contributed by atoms with Gasteiger partial charge in [0.15, 0.2) is 0 Å². The van der Waals surface area contributed by atoms with Crippen LogP contribution in [0.2, 0.25) is 0 Å². The monoisotopic (exact) mass is 341 g/mol. The zero-order valence-corrected chi connectivity index (χ0v) is 14.1. The van der Waals surface area contributed by atoms with Crippen molar-refractivity contribution in [1.29, 1.82) is 0 Å². The second-order valence-corrected chi connectivity index (χ2v) is 6.39. The molecule has 0 spiro atoms. The zero-order valence-electron chi connectivity index (χ0n) is 13.3. The first-order chi connectivity index (χ1) is 11.5. The van der Waals surface area contributed by atoms with Gasteiger partial charge in [0.25, 0.3) is 5.91 Å². The van der Waals surface area contributed by atoms with E-state index in [1.165, 1.54) is 23.5 Å². The molecule has 4 nitrogen and oxygen atoms in total. The Labute approximate surface area is 143 Å². The Morgan fingerprint density at radius 1 is 1.21 bits per heavy atom. The third-order valence-corrected chi connectivity index (χ3v) is 4.78. The van der Waals surface area contributed by atoms with Crippen molar-refractivity contribution < 1.29 is 9.18 Å². The predicted octanol–water partition coefficient (Wildman–Crippen LogP) is 4.14. The molecule has 0 saturated heterocycles. The molecule has 1 N–H and O–H groups in total. The molecular formula is C18H16FN3OS. The first kappa shape index (κ1) is 16.3. The van der Waals surface area contributed by atoms with E-state index in [2.05, 4.69) is 15.3 Å². The number of amides is 1. The number of pyridine rings is 1. The van der Waals surface area contributed by atoms with Gasteiger partial charge in [-0.1, -0.05) is 18.2 Å². The molecule has 2 aromatic heterocycles. The fourth-order valence-corrected chi connectivity index (χ4v) is 3.25. The lowest BCUT2D eigenvalue weighted by molar-refractivity contribution is 0.0943. The van der Waals surface area contributed by atoms with E-state index in [4.69, 9.17) is 0 Å². The van der Waals surface area contributed by atoms with E-state index in [1.54, 1.807) is 25.3 Å². The number of aryl methyl sites for hydroxylation is 1. The van der Waals surface area contributed by atoms with Crippen molar-refractivity contribution >= 4 is 17.2 Å². The van der Waals surface area contributed by atoms with Gasteiger partial charge in [-0.15, -0.1) is 11.3 Å². The molecule has 0 aliphatic heterocycles. The summed E-state index contributed by atoms with van der Waals surface area (Å²) in [5, 5.41) is 3.64. The van der Waals surface area contributed by atoms with Gasteiger partial charge in [0.2, 0.25) is 0 Å². The highest BCUT2D eigenvalue weighted by Gasteiger charge is 2.18. The summed E-state index contributed by atoms with van der Waals surface area (Å²) in [5.41, 5.74) is 2.26. The number of nitrogens with zero attached hydrogens (tertiary/aromatic N) is 2. The second kappa shape index (κ2) is 6.88. The third kappa shape index (κ3) is 3.49. The molecule has 0 saturated carbocycles. The van der Waals surface area contributed by atoms with Crippen LogP contribution in [-0.2, 0) is 0 Å². The molecule has 0 aliphatic rings. The van der Waals surface area contributed by atoms with Crippen LogP contribution in [0.4, 0.5) is 4.39 Å². The van der Waals surface area contributed by atoms with Gasteiger partial charge >= 0.3 is 0 Å². The number of hydrogen-bond donors (Lipinski definition) is 1. The lowest BCUT2D eigenvalue weighted by Crippen LogP contribution is -2.26. The van der Waals surface area contributed by atoms with Crippen molar-refractivity contribution in [3.63, 3.8) is 0 Å². The minimum Gasteiger partial charge on any atom is -0.345 e. The van der Waals surface area contributed by atoms with Crippen molar-refractivity contribution in [1.82, 2.24) is 15.3 Å². The van der Waals surface area contributed by atoms with Gasteiger partial charge in [0.1, 0.15) is 15.7 Å². The molecule has 1 atom stereocenters. The maximum atomic E-state index is 13.0. The minimum atomic E-state index is -0.296. The molecule has 0 fully saturated rings. The summed E-state index contributed by atoms with van der Waals surface area (Å²) < 4.78 is 13.0. The van der Waals surface area contributed by atoms with Gasteiger partial charge in [-0.05, 0) is 43.7 Å². The van der Waals surface area contributed by atoms with Crippen LogP contribution in [0, 0.1) is 12.7 Å². The van der Waals surface area contributed by atoms with Gasteiger partial charge in [-0.3, -0.25) is 9.78 Å². The Morgan fingerprint density at radius 3 is 2.62 bits per heavy atom. The van der Waals surface area contributed by atoms with E-state index in [-0.39, 0.29) is 17.8 Å². The number of rotatable bonds is 4. The van der Waals surface area contributed by atoms with Crippen LogP contribution < -0.4 is 5.32 Å². The summed E-state index contributed by atoms with van der Waals surface area (Å²) in [7, 11) is 0. The second-order valence-electron chi connectivity index (χ2n) is 5.40. The fraction of sp³-hybridized carbons (Fsp3) is 0.167. The Balaban J connectivity index is 1.78. The van der Waals surface area contributed by atoms with Crippen LogP contribution in [0.25, 0.3) is 10.7 Å². The van der Waals surface area contributed by atoms with E-state index in [0.717, 1.165) is 11.3 Å². The molecular weight excluding hydrogens is 325 g/mol. The van der Waals surface area contributed by atoms with Gasteiger partial charge in [-0.25, -0.2) is 9.37 Å². The molecule has 122 valence electrons. The zero-order chi connectivity index (χ0) is 17.1. The summed E-state index contributed by atoms with van der Waals surface area (Å²) in [6.45, 7) is 3.67. The Kier molecular flexibility index (Phi) is 4.66. The van der Waals surface area contributed by atoms with Crippen LogP contribution in [0.15, 0.2) is 48.7 Å². The van der Waals surface area contributed by atoms with Crippen molar-refractivity contribution in [3.05, 3.63) is 70.6 Å².